The SMILES string of the molecule is COc1cc(C=CC(=O)c2nc3ccccc3[nH]2)ccc1O[C@@H]1O[C@H](CO)[C@H](O)[C@H](O)[C@H]1O. The first-order valence-corrected chi connectivity index (χ1v) is 10.2. The van der Waals surface area contributed by atoms with Crippen LogP contribution in [0.2, 0.25) is 0 Å². The van der Waals surface area contributed by atoms with Crippen LogP contribution >= 0.6 is 0 Å². The summed E-state index contributed by atoms with van der Waals surface area (Å²) in [6, 6.07) is 12.2. The minimum Gasteiger partial charge on any atom is -0.493 e. The molecule has 0 bridgehead atoms. The van der Waals surface area contributed by atoms with E-state index in [0.29, 0.717) is 11.1 Å². The van der Waals surface area contributed by atoms with Crippen molar-refractivity contribution in [3.05, 3.63) is 59.9 Å². The third-order valence-corrected chi connectivity index (χ3v) is 5.33. The number of rotatable bonds is 7. The number of para-hydroxylation sites is 2. The zero-order valence-electron chi connectivity index (χ0n) is 17.7. The van der Waals surface area contributed by atoms with Gasteiger partial charge in [0.05, 0.1) is 24.8 Å². The van der Waals surface area contributed by atoms with E-state index in [4.69, 9.17) is 14.2 Å². The predicted octanol–water partition coefficient (Wildman–Crippen LogP) is 0.646. The summed E-state index contributed by atoms with van der Waals surface area (Å²) >= 11 is 0. The third kappa shape index (κ3) is 4.75. The summed E-state index contributed by atoms with van der Waals surface area (Å²) in [4.78, 5) is 19.7. The second-order valence-corrected chi connectivity index (χ2v) is 7.53. The molecule has 174 valence electrons. The Morgan fingerprint density at radius 1 is 1.12 bits per heavy atom. The van der Waals surface area contributed by atoms with Crippen LogP contribution in [0.15, 0.2) is 48.5 Å². The van der Waals surface area contributed by atoms with Crippen molar-refractivity contribution in [1.82, 2.24) is 9.97 Å². The van der Waals surface area contributed by atoms with Gasteiger partial charge in [-0.25, -0.2) is 4.98 Å². The molecule has 1 fully saturated rings. The Kier molecular flexibility index (Phi) is 6.72. The molecule has 10 heteroatoms. The van der Waals surface area contributed by atoms with Gasteiger partial charge in [-0.1, -0.05) is 24.3 Å². The highest BCUT2D eigenvalue weighted by molar-refractivity contribution is 6.05. The molecule has 1 aliphatic rings. The lowest BCUT2D eigenvalue weighted by atomic mass is 9.99. The van der Waals surface area contributed by atoms with E-state index in [9.17, 15) is 25.2 Å². The van der Waals surface area contributed by atoms with Gasteiger partial charge in [-0.15, -0.1) is 0 Å². The van der Waals surface area contributed by atoms with Crippen molar-refractivity contribution >= 4 is 22.9 Å². The molecular weight excluding hydrogens is 432 g/mol. The number of carbonyl (C=O) groups excluding carboxylic acids is 1. The Balaban J connectivity index is 1.49. The number of hydrogen-bond acceptors (Lipinski definition) is 9. The van der Waals surface area contributed by atoms with Crippen molar-refractivity contribution in [3.8, 4) is 11.5 Å². The number of aromatic nitrogens is 2. The highest BCUT2D eigenvalue weighted by Crippen LogP contribution is 2.32. The minimum absolute atomic E-state index is 0.197. The van der Waals surface area contributed by atoms with E-state index in [-0.39, 0.29) is 23.1 Å². The summed E-state index contributed by atoms with van der Waals surface area (Å²) < 4.78 is 16.3. The monoisotopic (exact) mass is 456 g/mol. The van der Waals surface area contributed by atoms with Gasteiger partial charge in [-0.05, 0) is 35.9 Å². The molecule has 0 saturated carbocycles. The number of imidazole rings is 1. The van der Waals surface area contributed by atoms with E-state index in [1.165, 1.54) is 13.2 Å². The number of H-pyrrole nitrogens is 1. The van der Waals surface area contributed by atoms with Gasteiger partial charge >= 0.3 is 0 Å². The second-order valence-electron chi connectivity index (χ2n) is 7.53. The predicted molar refractivity (Wildman–Crippen MR) is 117 cm³/mol. The number of methoxy groups -OCH3 is 1. The molecule has 3 aromatic rings. The molecule has 0 unspecified atom stereocenters. The van der Waals surface area contributed by atoms with Crippen molar-refractivity contribution < 1.29 is 39.4 Å². The molecule has 0 amide bonds. The van der Waals surface area contributed by atoms with Gasteiger partial charge in [0.2, 0.25) is 12.1 Å². The number of aliphatic hydroxyl groups excluding tert-OH is 4. The number of allylic oxidation sites excluding steroid dienone is 1. The quantitative estimate of drug-likeness (QED) is 0.255. The van der Waals surface area contributed by atoms with E-state index >= 15 is 0 Å². The van der Waals surface area contributed by atoms with E-state index < -0.39 is 37.3 Å². The number of benzene rings is 2. The van der Waals surface area contributed by atoms with Crippen LogP contribution in [0, 0.1) is 0 Å². The first-order chi connectivity index (χ1) is 15.9. The normalized spacial score (nSPS) is 25.4. The van der Waals surface area contributed by atoms with Crippen LogP contribution in [-0.4, -0.2) is 80.6 Å². The highest BCUT2D eigenvalue weighted by atomic mass is 16.7. The summed E-state index contributed by atoms with van der Waals surface area (Å²) in [6.07, 6.45) is -4.05. The first-order valence-electron chi connectivity index (χ1n) is 10.2. The molecule has 10 nitrogen and oxygen atoms in total. The lowest BCUT2D eigenvalue weighted by Gasteiger charge is -2.39. The molecule has 0 spiro atoms. The van der Waals surface area contributed by atoms with Crippen LogP contribution in [-0.2, 0) is 4.74 Å². The van der Waals surface area contributed by atoms with E-state index in [1.54, 1.807) is 24.3 Å². The molecule has 5 atom stereocenters. The Morgan fingerprint density at radius 2 is 1.91 bits per heavy atom. The van der Waals surface area contributed by atoms with Crippen LogP contribution in [0.1, 0.15) is 16.2 Å². The molecule has 33 heavy (non-hydrogen) atoms. The number of ether oxygens (including phenoxy) is 3. The molecule has 4 rings (SSSR count). The first kappa shape index (κ1) is 22.9. The number of nitrogens with zero attached hydrogens (tertiary/aromatic N) is 1. The topological polar surface area (TPSA) is 154 Å². The van der Waals surface area contributed by atoms with Crippen LogP contribution in [0.25, 0.3) is 17.1 Å². The largest absolute Gasteiger partial charge is 0.493 e. The lowest BCUT2D eigenvalue weighted by molar-refractivity contribution is -0.277. The summed E-state index contributed by atoms with van der Waals surface area (Å²) in [5.74, 6) is 0.404. The van der Waals surface area contributed by atoms with Crippen molar-refractivity contribution in [3.63, 3.8) is 0 Å². The highest BCUT2D eigenvalue weighted by Gasteiger charge is 2.44. The third-order valence-electron chi connectivity index (χ3n) is 5.33. The number of ketones is 1. The maximum atomic E-state index is 12.5. The van der Waals surface area contributed by atoms with E-state index in [1.807, 2.05) is 24.3 Å². The van der Waals surface area contributed by atoms with Gasteiger partial charge in [-0.3, -0.25) is 4.79 Å². The van der Waals surface area contributed by atoms with Gasteiger partial charge in [0.25, 0.3) is 0 Å². The molecule has 0 aliphatic carbocycles. The molecule has 0 radical (unpaired) electrons. The molecule has 2 aromatic carbocycles. The fourth-order valence-electron chi connectivity index (χ4n) is 3.50. The van der Waals surface area contributed by atoms with Gasteiger partial charge in [0.15, 0.2) is 17.3 Å². The molecule has 1 aromatic heterocycles. The number of hydrogen-bond donors (Lipinski definition) is 5. The second kappa shape index (κ2) is 9.69. The number of aromatic amines is 1. The van der Waals surface area contributed by atoms with Gasteiger partial charge < -0.3 is 39.6 Å². The summed E-state index contributed by atoms with van der Waals surface area (Å²) in [7, 11) is 1.42. The molecule has 1 aliphatic heterocycles. The zero-order valence-corrected chi connectivity index (χ0v) is 17.7. The van der Waals surface area contributed by atoms with E-state index in [2.05, 4.69) is 9.97 Å². The van der Waals surface area contributed by atoms with Crippen molar-refractivity contribution in [2.45, 2.75) is 30.7 Å². The fourth-order valence-corrected chi connectivity index (χ4v) is 3.50. The number of aliphatic hydroxyl groups is 4. The number of fused-ring (bicyclic) bond motifs is 1. The summed E-state index contributed by atoms with van der Waals surface area (Å²) in [6.45, 7) is -0.565. The lowest BCUT2D eigenvalue weighted by Crippen LogP contribution is -2.60. The average Bonchev–Trinajstić information content (AvgIpc) is 3.28. The maximum absolute atomic E-state index is 12.5. The van der Waals surface area contributed by atoms with Crippen molar-refractivity contribution in [2.75, 3.05) is 13.7 Å². The Hall–Kier alpha value is -3.28. The molecule has 5 N–H and O–H groups in total. The van der Waals surface area contributed by atoms with Gasteiger partial charge in [0.1, 0.15) is 24.4 Å². The Labute approximate surface area is 188 Å². The fraction of sp³-hybridized carbons (Fsp3) is 0.304. The van der Waals surface area contributed by atoms with Crippen LogP contribution in [0.5, 0.6) is 11.5 Å². The van der Waals surface area contributed by atoms with Crippen LogP contribution in [0.3, 0.4) is 0 Å². The standard InChI is InChI=1S/C23H24N2O8/c1-31-17-10-12(6-8-15(27)22-24-13-4-2-3-5-14(13)25-22)7-9-16(17)32-23-21(30)20(29)19(28)18(11-26)33-23/h2-10,18-21,23,26,28-30H,11H2,1H3,(H,24,25)/t18-,19+,20+,21-,23-/m1/s1. The van der Waals surface area contributed by atoms with Gasteiger partial charge in [-0.2, -0.15) is 0 Å². The minimum atomic E-state index is -1.56. The zero-order chi connectivity index (χ0) is 23.5. The van der Waals surface area contributed by atoms with Crippen molar-refractivity contribution in [1.29, 1.82) is 0 Å². The Morgan fingerprint density at radius 3 is 2.64 bits per heavy atom. The maximum Gasteiger partial charge on any atom is 0.229 e. The van der Waals surface area contributed by atoms with E-state index in [0.717, 1.165) is 5.52 Å². The average molecular weight is 456 g/mol. The van der Waals surface area contributed by atoms with Crippen LogP contribution in [0.4, 0.5) is 0 Å². The van der Waals surface area contributed by atoms with Gasteiger partial charge in [0, 0.05) is 0 Å². The molecule has 2 heterocycles. The number of nitrogens with one attached hydrogen (secondary N) is 1. The van der Waals surface area contributed by atoms with Crippen LogP contribution < -0.4 is 9.47 Å². The van der Waals surface area contributed by atoms with Crippen molar-refractivity contribution in [2.24, 2.45) is 0 Å². The Bertz CT molecular complexity index is 1130. The number of carbonyl (C=O) groups is 1. The summed E-state index contributed by atoms with van der Waals surface area (Å²) in [5, 5.41) is 39.3. The molecular formula is C23H24N2O8. The summed E-state index contributed by atoms with van der Waals surface area (Å²) in [5.41, 5.74) is 2.11. The smallest absolute Gasteiger partial charge is 0.229 e. The molecule has 1 saturated heterocycles.